The van der Waals surface area contributed by atoms with Gasteiger partial charge in [0.2, 0.25) is 0 Å². The quantitative estimate of drug-likeness (QED) is 0.513. The van der Waals surface area contributed by atoms with Crippen molar-refractivity contribution in [3.63, 3.8) is 0 Å². The molecule has 0 aliphatic rings. The average Bonchev–Trinajstić information content (AvgIpc) is 2.17. The van der Waals surface area contributed by atoms with Crippen LogP contribution in [0, 0.1) is 0 Å². The van der Waals surface area contributed by atoms with E-state index < -0.39 is 0 Å². The van der Waals surface area contributed by atoms with Crippen LogP contribution in [-0.2, 0) is 11.3 Å². The molecule has 0 spiro atoms. The number of aliphatic imine (C=N–C) groups is 1. The second kappa shape index (κ2) is 5.36. The Morgan fingerprint density at radius 2 is 2.00 bits per heavy atom. The first-order valence-corrected chi connectivity index (χ1v) is 4.50. The fourth-order valence-electron chi connectivity index (χ4n) is 1.04. The van der Waals surface area contributed by atoms with Crippen LogP contribution in [-0.4, -0.2) is 12.5 Å². The molecule has 0 radical (unpaired) electrons. The number of hydrogen-bond donors (Lipinski definition) is 0. The van der Waals surface area contributed by atoms with E-state index in [-0.39, 0.29) is 0 Å². The molecule has 1 rings (SSSR count). The Morgan fingerprint density at radius 3 is 2.62 bits per heavy atom. The lowest BCUT2D eigenvalue weighted by Crippen LogP contribution is -1.99. The molecule has 0 saturated carbocycles. The van der Waals surface area contributed by atoms with E-state index in [2.05, 4.69) is 17.1 Å². The number of ether oxygens (including phenoxy) is 1. The van der Waals surface area contributed by atoms with Crippen molar-refractivity contribution in [3.8, 4) is 0 Å². The SMILES string of the molecule is CCOC(C)=NCc1ccccc1. The average molecular weight is 177 g/mol. The van der Waals surface area contributed by atoms with Crippen molar-refractivity contribution in [1.82, 2.24) is 0 Å². The van der Waals surface area contributed by atoms with Crippen molar-refractivity contribution in [3.05, 3.63) is 35.9 Å². The molecule has 0 aromatic heterocycles. The van der Waals surface area contributed by atoms with Gasteiger partial charge in [-0.25, -0.2) is 0 Å². The second-order valence-electron chi connectivity index (χ2n) is 2.75. The summed E-state index contributed by atoms with van der Waals surface area (Å²) < 4.78 is 5.21. The molecule has 1 aromatic rings. The van der Waals surface area contributed by atoms with Crippen LogP contribution in [0.4, 0.5) is 0 Å². The lowest BCUT2D eigenvalue weighted by Gasteiger charge is -2.01. The molecule has 0 unspecified atom stereocenters. The first kappa shape index (κ1) is 9.78. The zero-order valence-corrected chi connectivity index (χ0v) is 8.16. The Balaban J connectivity index is 2.47. The Bertz CT molecular complexity index is 267. The van der Waals surface area contributed by atoms with Crippen molar-refractivity contribution >= 4 is 5.90 Å². The van der Waals surface area contributed by atoms with Gasteiger partial charge >= 0.3 is 0 Å². The molecule has 0 amide bonds. The Kier molecular flexibility index (Phi) is 4.03. The monoisotopic (exact) mass is 177 g/mol. The van der Waals surface area contributed by atoms with E-state index in [4.69, 9.17) is 4.74 Å². The smallest absolute Gasteiger partial charge is 0.180 e. The number of nitrogens with zero attached hydrogens (tertiary/aromatic N) is 1. The molecule has 1 aromatic carbocycles. The van der Waals surface area contributed by atoms with E-state index in [0.717, 1.165) is 5.90 Å². The Labute approximate surface area is 79.3 Å². The lowest BCUT2D eigenvalue weighted by molar-refractivity contribution is 0.323. The highest BCUT2D eigenvalue weighted by Gasteiger charge is 1.90. The molecule has 0 bridgehead atoms. The molecule has 0 saturated heterocycles. The predicted octanol–water partition coefficient (Wildman–Crippen LogP) is 2.64. The largest absolute Gasteiger partial charge is 0.481 e. The standard InChI is InChI=1S/C11H15NO/c1-3-13-10(2)12-9-11-7-5-4-6-8-11/h4-8H,3,9H2,1-2H3. The Hall–Kier alpha value is -1.31. The maximum Gasteiger partial charge on any atom is 0.180 e. The van der Waals surface area contributed by atoms with Crippen molar-refractivity contribution in [2.24, 2.45) is 4.99 Å². The van der Waals surface area contributed by atoms with Gasteiger partial charge in [0.15, 0.2) is 5.90 Å². The van der Waals surface area contributed by atoms with E-state index >= 15 is 0 Å². The van der Waals surface area contributed by atoms with Crippen LogP contribution < -0.4 is 0 Å². The topological polar surface area (TPSA) is 21.6 Å². The number of hydrogen-bond acceptors (Lipinski definition) is 2. The summed E-state index contributed by atoms with van der Waals surface area (Å²) in [4.78, 5) is 4.28. The van der Waals surface area contributed by atoms with Crippen molar-refractivity contribution in [2.45, 2.75) is 20.4 Å². The van der Waals surface area contributed by atoms with E-state index in [1.165, 1.54) is 5.56 Å². The van der Waals surface area contributed by atoms with Crippen molar-refractivity contribution in [1.29, 1.82) is 0 Å². The summed E-state index contributed by atoms with van der Waals surface area (Å²) in [6.45, 7) is 5.23. The molecule has 70 valence electrons. The van der Waals surface area contributed by atoms with Gasteiger partial charge in [-0.3, -0.25) is 4.99 Å². The minimum atomic E-state index is 0.685. The predicted molar refractivity (Wildman–Crippen MR) is 54.9 cm³/mol. The van der Waals surface area contributed by atoms with Crippen molar-refractivity contribution < 1.29 is 4.74 Å². The fourth-order valence-corrected chi connectivity index (χ4v) is 1.04. The van der Waals surface area contributed by atoms with E-state index in [9.17, 15) is 0 Å². The summed E-state index contributed by atoms with van der Waals surface area (Å²) in [6, 6.07) is 10.1. The minimum absolute atomic E-state index is 0.685. The fraction of sp³-hybridized carbons (Fsp3) is 0.364. The number of rotatable bonds is 3. The van der Waals surface area contributed by atoms with Crippen LogP contribution >= 0.6 is 0 Å². The molecule has 2 heteroatoms. The molecule has 0 atom stereocenters. The minimum Gasteiger partial charge on any atom is -0.481 e. The molecular formula is C11H15NO. The van der Waals surface area contributed by atoms with E-state index in [1.54, 1.807) is 0 Å². The van der Waals surface area contributed by atoms with Gasteiger partial charge in [-0.15, -0.1) is 0 Å². The van der Waals surface area contributed by atoms with E-state index in [0.29, 0.717) is 13.2 Å². The van der Waals surface area contributed by atoms with E-state index in [1.807, 2.05) is 32.0 Å². The van der Waals surface area contributed by atoms with Gasteiger partial charge in [-0.05, 0) is 12.5 Å². The molecule has 2 nitrogen and oxygen atoms in total. The molecule has 0 aliphatic carbocycles. The van der Waals surface area contributed by atoms with Crippen LogP contribution in [0.5, 0.6) is 0 Å². The molecule has 0 N–H and O–H groups in total. The summed E-state index contributed by atoms with van der Waals surface area (Å²) >= 11 is 0. The van der Waals surface area contributed by atoms with Gasteiger partial charge in [-0.2, -0.15) is 0 Å². The van der Waals surface area contributed by atoms with Crippen LogP contribution in [0.3, 0.4) is 0 Å². The molecule has 0 heterocycles. The Morgan fingerprint density at radius 1 is 1.31 bits per heavy atom. The van der Waals surface area contributed by atoms with Crippen LogP contribution in [0.1, 0.15) is 19.4 Å². The highest BCUT2D eigenvalue weighted by atomic mass is 16.5. The van der Waals surface area contributed by atoms with Crippen LogP contribution in [0.2, 0.25) is 0 Å². The van der Waals surface area contributed by atoms with Crippen LogP contribution in [0.15, 0.2) is 35.3 Å². The highest BCUT2D eigenvalue weighted by molar-refractivity contribution is 5.73. The van der Waals surface area contributed by atoms with Gasteiger partial charge in [0.25, 0.3) is 0 Å². The maximum atomic E-state index is 5.21. The van der Waals surface area contributed by atoms with Gasteiger partial charge in [-0.1, -0.05) is 30.3 Å². The van der Waals surface area contributed by atoms with Gasteiger partial charge in [0.1, 0.15) is 0 Å². The first-order valence-electron chi connectivity index (χ1n) is 4.50. The third kappa shape index (κ3) is 3.74. The molecule has 0 aliphatic heterocycles. The zero-order chi connectivity index (χ0) is 9.52. The normalized spacial score (nSPS) is 11.4. The molecule has 13 heavy (non-hydrogen) atoms. The maximum absolute atomic E-state index is 5.21. The first-order chi connectivity index (χ1) is 6.33. The summed E-state index contributed by atoms with van der Waals surface area (Å²) in [5.41, 5.74) is 1.21. The summed E-state index contributed by atoms with van der Waals surface area (Å²) in [6.07, 6.45) is 0. The zero-order valence-electron chi connectivity index (χ0n) is 8.16. The number of benzene rings is 1. The highest BCUT2D eigenvalue weighted by Crippen LogP contribution is 2.00. The summed E-state index contributed by atoms with van der Waals surface area (Å²) in [7, 11) is 0. The van der Waals surface area contributed by atoms with Gasteiger partial charge < -0.3 is 4.74 Å². The third-order valence-electron chi connectivity index (χ3n) is 1.68. The summed E-state index contributed by atoms with van der Waals surface area (Å²) in [5, 5.41) is 0. The van der Waals surface area contributed by atoms with Crippen LogP contribution in [0.25, 0.3) is 0 Å². The second-order valence-corrected chi connectivity index (χ2v) is 2.75. The third-order valence-corrected chi connectivity index (χ3v) is 1.68. The van der Waals surface area contributed by atoms with Gasteiger partial charge in [0.05, 0.1) is 13.2 Å². The van der Waals surface area contributed by atoms with Crippen molar-refractivity contribution in [2.75, 3.05) is 6.61 Å². The molecule has 0 fully saturated rings. The molecular weight excluding hydrogens is 162 g/mol. The summed E-state index contributed by atoms with van der Waals surface area (Å²) in [5.74, 6) is 0.756. The van der Waals surface area contributed by atoms with Gasteiger partial charge in [0, 0.05) is 6.92 Å². The lowest BCUT2D eigenvalue weighted by atomic mass is 10.2.